The number of hydrogen-bond acceptors (Lipinski definition) is 2. The van der Waals surface area contributed by atoms with E-state index in [2.05, 4.69) is 50.2 Å². The maximum atomic E-state index is 13.2. The molecular formula is C23H28FN3O2. The van der Waals surface area contributed by atoms with Crippen LogP contribution in [-0.2, 0) is 0 Å². The number of hydrogen-bond donors (Lipinski definition) is 2. The van der Waals surface area contributed by atoms with Crippen molar-refractivity contribution in [3.05, 3.63) is 60.0 Å². The van der Waals surface area contributed by atoms with E-state index in [0.29, 0.717) is 12.5 Å². The second-order valence-corrected chi connectivity index (χ2v) is 8.68. The molecule has 1 heterocycles. The van der Waals surface area contributed by atoms with Crippen molar-refractivity contribution in [2.45, 2.75) is 40.0 Å². The van der Waals surface area contributed by atoms with Gasteiger partial charge in [0.25, 0.3) is 0 Å². The van der Waals surface area contributed by atoms with Gasteiger partial charge in [0.05, 0.1) is 17.4 Å². The summed E-state index contributed by atoms with van der Waals surface area (Å²) < 4.78 is 15.0. The molecular weight excluding hydrogens is 369 g/mol. The SMILES string of the molecule is CC(C)CC(c1ccc2c(cnn2-c2ccc(F)cc2)c1)C(C)(C)CNC(=O)O. The number of carboxylic acid groups (broad SMARTS) is 1. The third-order valence-corrected chi connectivity index (χ3v) is 5.41. The molecule has 0 spiro atoms. The molecule has 0 aliphatic carbocycles. The van der Waals surface area contributed by atoms with Gasteiger partial charge in [0.15, 0.2) is 0 Å². The van der Waals surface area contributed by atoms with Crippen molar-refractivity contribution in [3.8, 4) is 5.69 Å². The number of nitrogens with one attached hydrogen (secondary N) is 1. The zero-order valence-electron chi connectivity index (χ0n) is 17.3. The molecule has 0 aliphatic heterocycles. The highest BCUT2D eigenvalue weighted by molar-refractivity contribution is 5.81. The molecule has 0 saturated heterocycles. The van der Waals surface area contributed by atoms with Gasteiger partial charge in [-0.3, -0.25) is 0 Å². The Labute approximate surface area is 170 Å². The zero-order valence-corrected chi connectivity index (χ0v) is 17.3. The van der Waals surface area contributed by atoms with E-state index >= 15 is 0 Å². The highest BCUT2D eigenvalue weighted by atomic mass is 19.1. The molecule has 6 heteroatoms. The average molecular weight is 397 g/mol. The van der Waals surface area contributed by atoms with Gasteiger partial charge in [0.1, 0.15) is 5.82 Å². The van der Waals surface area contributed by atoms with E-state index in [-0.39, 0.29) is 17.2 Å². The van der Waals surface area contributed by atoms with Gasteiger partial charge in [-0.15, -0.1) is 0 Å². The minimum absolute atomic E-state index is 0.188. The van der Waals surface area contributed by atoms with Gasteiger partial charge in [0, 0.05) is 11.9 Å². The van der Waals surface area contributed by atoms with Gasteiger partial charge in [-0.05, 0) is 65.6 Å². The van der Waals surface area contributed by atoms with Crippen LogP contribution in [0.3, 0.4) is 0 Å². The Hall–Kier alpha value is -2.89. The molecule has 29 heavy (non-hydrogen) atoms. The first kappa shape index (κ1) is 20.8. The monoisotopic (exact) mass is 397 g/mol. The highest BCUT2D eigenvalue weighted by Gasteiger charge is 2.32. The van der Waals surface area contributed by atoms with Crippen LogP contribution < -0.4 is 5.32 Å². The van der Waals surface area contributed by atoms with Crippen molar-refractivity contribution in [3.63, 3.8) is 0 Å². The molecule has 1 amide bonds. The standard InChI is InChI=1S/C23H28FN3O2/c1-15(2)11-20(23(3,4)14-25-22(28)29)16-5-10-21-17(12-16)13-26-27(21)19-8-6-18(24)7-9-19/h5-10,12-13,15,20,25H,11,14H2,1-4H3,(H,28,29). The molecule has 1 atom stereocenters. The van der Waals surface area contributed by atoms with E-state index in [1.54, 1.807) is 16.8 Å². The van der Waals surface area contributed by atoms with Gasteiger partial charge in [0.2, 0.25) is 0 Å². The summed E-state index contributed by atoms with van der Waals surface area (Å²) in [5.74, 6) is 0.385. The molecule has 3 rings (SSSR count). The first-order valence-electron chi connectivity index (χ1n) is 9.88. The molecule has 1 aromatic heterocycles. The second-order valence-electron chi connectivity index (χ2n) is 8.68. The van der Waals surface area contributed by atoms with Crippen molar-refractivity contribution < 1.29 is 14.3 Å². The maximum Gasteiger partial charge on any atom is 0.404 e. The fourth-order valence-electron chi connectivity index (χ4n) is 3.86. The highest BCUT2D eigenvalue weighted by Crippen LogP contribution is 2.40. The second kappa shape index (κ2) is 8.23. The average Bonchev–Trinajstić information content (AvgIpc) is 3.08. The first-order chi connectivity index (χ1) is 13.7. The van der Waals surface area contributed by atoms with Crippen LogP contribution >= 0.6 is 0 Å². The Morgan fingerprint density at radius 1 is 1.21 bits per heavy atom. The van der Waals surface area contributed by atoms with Gasteiger partial charge in [-0.2, -0.15) is 5.10 Å². The van der Waals surface area contributed by atoms with Crippen molar-refractivity contribution >= 4 is 17.0 Å². The predicted molar refractivity (Wildman–Crippen MR) is 113 cm³/mol. The molecule has 0 saturated carbocycles. The number of nitrogens with zero attached hydrogens (tertiary/aromatic N) is 2. The molecule has 154 valence electrons. The summed E-state index contributed by atoms with van der Waals surface area (Å²) in [6.45, 7) is 8.94. The van der Waals surface area contributed by atoms with Gasteiger partial charge in [-0.1, -0.05) is 33.8 Å². The lowest BCUT2D eigenvalue weighted by molar-refractivity contribution is 0.180. The lowest BCUT2D eigenvalue weighted by Crippen LogP contribution is -2.37. The van der Waals surface area contributed by atoms with Gasteiger partial charge in [-0.25, -0.2) is 13.9 Å². The van der Waals surface area contributed by atoms with E-state index in [0.717, 1.165) is 23.0 Å². The zero-order chi connectivity index (χ0) is 21.2. The molecule has 5 nitrogen and oxygen atoms in total. The molecule has 0 radical (unpaired) electrons. The van der Waals surface area contributed by atoms with E-state index in [1.165, 1.54) is 17.7 Å². The van der Waals surface area contributed by atoms with Crippen LogP contribution in [0.5, 0.6) is 0 Å². The lowest BCUT2D eigenvalue weighted by atomic mass is 9.71. The largest absolute Gasteiger partial charge is 0.465 e. The summed E-state index contributed by atoms with van der Waals surface area (Å²) in [6.07, 6.45) is 1.76. The number of fused-ring (bicyclic) bond motifs is 1. The van der Waals surface area contributed by atoms with E-state index in [1.807, 2.05) is 12.3 Å². The van der Waals surface area contributed by atoms with Crippen LogP contribution in [0.25, 0.3) is 16.6 Å². The van der Waals surface area contributed by atoms with Crippen molar-refractivity contribution in [1.82, 2.24) is 15.1 Å². The van der Waals surface area contributed by atoms with Crippen LogP contribution in [0.15, 0.2) is 48.7 Å². The number of amides is 1. The minimum atomic E-state index is -1.00. The fraction of sp³-hybridized carbons (Fsp3) is 0.391. The summed E-state index contributed by atoms with van der Waals surface area (Å²) in [4.78, 5) is 11.0. The Balaban J connectivity index is 1.97. The topological polar surface area (TPSA) is 67.2 Å². The maximum absolute atomic E-state index is 13.2. The molecule has 3 aromatic rings. The molecule has 0 aliphatic rings. The summed E-state index contributed by atoms with van der Waals surface area (Å²) >= 11 is 0. The summed E-state index contributed by atoms with van der Waals surface area (Å²) in [6, 6.07) is 12.5. The Morgan fingerprint density at radius 2 is 1.90 bits per heavy atom. The third-order valence-electron chi connectivity index (χ3n) is 5.41. The Kier molecular flexibility index (Phi) is 5.91. The summed E-state index contributed by atoms with van der Waals surface area (Å²) in [7, 11) is 0. The van der Waals surface area contributed by atoms with Crippen LogP contribution in [0.2, 0.25) is 0 Å². The molecule has 2 aromatic carbocycles. The normalized spacial score (nSPS) is 13.0. The quantitative estimate of drug-likeness (QED) is 0.546. The molecule has 0 bridgehead atoms. The number of rotatable bonds is 7. The van der Waals surface area contributed by atoms with E-state index in [9.17, 15) is 9.18 Å². The van der Waals surface area contributed by atoms with Crippen LogP contribution in [0.1, 0.15) is 45.6 Å². The smallest absolute Gasteiger partial charge is 0.404 e. The van der Waals surface area contributed by atoms with Gasteiger partial charge >= 0.3 is 6.09 Å². The van der Waals surface area contributed by atoms with Crippen molar-refractivity contribution in [2.24, 2.45) is 11.3 Å². The van der Waals surface area contributed by atoms with Crippen LogP contribution in [-0.4, -0.2) is 27.5 Å². The number of benzene rings is 2. The summed E-state index contributed by atoms with van der Waals surface area (Å²) in [5.41, 5.74) is 2.68. The number of halogens is 1. The third kappa shape index (κ3) is 4.75. The van der Waals surface area contributed by atoms with E-state index < -0.39 is 6.09 Å². The number of carbonyl (C=O) groups is 1. The Morgan fingerprint density at radius 3 is 2.52 bits per heavy atom. The minimum Gasteiger partial charge on any atom is -0.465 e. The predicted octanol–water partition coefficient (Wildman–Crippen LogP) is 5.59. The molecule has 0 fully saturated rings. The molecule has 2 N–H and O–H groups in total. The van der Waals surface area contributed by atoms with Crippen molar-refractivity contribution in [1.29, 1.82) is 0 Å². The van der Waals surface area contributed by atoms with Crippen LogP contribution in [0.4, 0.5) is 9.18 Å². The summed E-state index contributed by atoms with van der Waals surface area (Å²) in [5, 5.41) is 17.1. The Bertz CT molecular complexity index is 993. The van der Waals surface area contributed by atoms with Crippen molar-refractivity contribution in [2.75, 3.05) is 6.54 Å². The first-order valence-corrected chi connectivity index (χ1v) is 9.88. The number of aromatic nitrogens is 2. The van der Waals surface area contributed by atoms with Gasteiger partial charge < -0.3 is 10.4 Å². The van der Waals surface area contributed by atoms with E-state index in [4.69, 9.17) is 5.11 Å². The fourth-order valence-corrected chi connectivity index (χ4v) is 3.86. The van der Waals surface area contributed by atoms with Crippen LogP contribution in [0, 0.1) is 17.2 Å². The molecule has 1 unspecified atom stereocenters. The lowest BCUT2D eigenvalue weighted by Gasteiger charge is -2.36.